The molecule has 0 amide bonds. The maximum atomic E-state index is 12.7. The van der Waals surface area contributed by atoms with Crippen LogP contribution in [0.1, 0.15) is 354 Å². The third-order valence-electron chi connectivity index (χ3n) is 16.4. The van der Waals surface area contributed by atoms with Crippen LogP contribution in [0.2, 0.25) is 0 Å². The first kappa shape index (κ1) is 86.7. The lowest BCUT2D eigenvalue weighted by Gasteiger charge is -2.19. The van der Waals surface area contributed by atoms with Gasteiger partial charge >= 0.3 is 19.8 Å². The van der Waals surface area contributed by atoms with E-state index >= 15 is 0 Å². The molecule has 0 aromatic carbocycles. The SMILES string of the molecule is CC/C=C\C/C=C\C/C=C\C/C=C\C/C=C\C/C=C\C/C=C\C/C=C\C/C=C\CCCC(=O)OC(COC(=O)CCCCCCCCCCCCCCCCCCCCCCCCCCCCCCCCCCCCCCCCCC)COP(=O)(O)OCCN. The molecule has 0 aliphatic carbocycles. The number of nitrogens with two attached hydrogens (primary N) is 1. The summed E-state index contributed by atoms with van der Waals surface area (Å²) < 4.78 is 33.1. The Morgan fingerprint density at radius 1 is 0.344 bits per heavy atom. The van der Waals surface area contributed by atoms with Gasteiger partial charge in [0.25, 0.3) is 0 Å². The molecular formula is C80H142NO8P. The zero-order valence-corrected chi connectivity index (χ0v) is 59.5. The van der Waals surface area contributed by atoms with Crippen LogP contribution in [0.25, 0.3) is 0 Å². The third-order valence-corrected chi connectivity index (χ3v) is 17.4. The fraction of sp³-hybridized carbons (Fsp3) is 0.750. The van der Waals surface area contributed by atoms with E-state index in [0.717, 1.165) is 77.0 Å². The van der Waals surface area contributed by atoms with Gasteiger partial charge in [-0.05, 0) is 77.0 Å². The molecule has 0 aromatic rings. The van der Waals surface area contributed by atoms with E-state index in [-0.39, 0.29) is 32.6 Å². The standard InChI is InChI=1S/C80H142NO8P/c1-3-5-7-9-11-13-15-17-19-21-23-25-27-29-31-33-34-35-36-37-38-39-40-41-42-43-45-46-48-50-52-54-56-58-60-62-64-66-68-70-72-79(82)86-76-78(77-88-90(84,85)87-75-74-81)89-80(83)73-71-69-67-65-63-61-59-57-55-53-51-49-47-44-32-30-28-26-24-22-20-18-16-14-12-10-8-6-4-2/h6,8,12,14,18,20,24,26,30,32,47,49,53,55,59,61,65,67,78H,3-5,7,9-11,13,15-17,19,21-23,25,27-29,31,33-46,48,50-52,54,56-58,60,62-64,66,68-77,81H2,1-2H3,(H,84,85)/b8-6-,14-12-,20-18-,26-24-,32-30-,49-47-,55-53-,61-59-,67-65-. The molecule has 9 nitrogen and oxygen atoms in total. The number of carbonyl (C=O) groups excluding carboxylic acids is 2. The number of esters is 2. The Kier molecular flexibility index (Phi) is 71.9. The summed E-state index contributed by atoms with van der Waals surface area (Å²) in [6, 6.07) is 0. The van der Waals surface area contributed by atoms with Crippen LogP contribution in [0.4, 0.5) is 0 Å². The minimum atomic E-state index is -4.42. The molecule has 0 aliphatic rings. The van der Waals surface area contributed by atoms with Gasteiger partial charge in [0.2, 0.25) is 0 Å². The van der Waals surface area contributed by atoms with E-state index in [9.17, 15) is 19.0 Å². The molecule has 0 saturated heterocycles. The number of carbonyl (C=O) groups is 2. The summed E-state index contributed by atoms with van der Waals surface area (Å²) >= 11 is 0. The quantitative estimate of drug-likeness (QED) is 0.0264. The van der Waals surface area contributed by atoms with Crippen molar-refractivity contribution in [1.29, 1.82) is 0 Å². The van der Waals surface area contributed by atoms with E-state index in [4.69, 9.17) is 24.3 Å². The molecule has 0 heterocycles. The first-order valence-electron chi connectivity index (χ1n) is 37.9. The lowest BCUT2D eigenvalue weighted by atomic mass is 10.0. The second-order valence-corrected chi connectivity index (χ2v) is 26.6. The van der Waals surface area contributed by atoms with Crippen molar-refractivity contribution in [2.45, 2.75) is 360 Å². The largest absolute Gasteiger partial charge is 0.472 e. The predicted molar refractivity (Wildman–Crippen MR) is 390 cm³/mol. The maximum Gasteiger partial charge on any atom is 0.472 e. The molecule has 2 atom stereocenters. The molecule has 0 aromatic heterocycles. The zero-order valence-electron chi connectivity index (χ0n) is 58.6. The van der Waals surface area contributed by atoms with Gasteiger partial charge in [0.15, 0.2) is 6.10 Å². The summed E-state index contributed by atoms with van der Waals surface area (Å²) in [6.07, 6.45) is 104. The molecule has 0 radical (unpaired) electrons. The lowest BCUT2D eigenvalue weighted by Crippen LogP contribution is -2.29. The summed E-state index contributed by atoms with van der Waals surface area (Å²) in [7, 11) is -4.42. The Morgan fingerprint density at radius 2 is 0.611 bits per heavy atom. The first-order chi connectivity index (χ1) is 44.3. The first-order valence-corrected chi connectivity index (χ1v) is 39.4. The number of ether oxygens (including phenoxy) is 2. The van der Waals surface area contributed by atoms with Gasteiger partial charge in [0.05, 0.1) is 13.2 Å². The average Bonchev–Trinajstić information content (AvgIpc) is 3.75. The fourth-order valence-electron chi connectivity index (χ4n) is 10.9. The number of phosphoric acid groups is 1. The van der Waals surface area contributed by atoms with Gasteiger partial charge in [-0.3, -0.25) is 18.6 Å². The number of hydrogen-bond donors (Lipinski definition) is 2. The van der Waals surface area contributed by atoms with Crippen molar-refractivity contribution in [3.63, 3.8) is 0 Å². The van der Waals surface area contributed by atoms with Gasteiger partial charge in [0, 0.05) is 19.4 Å². The Bertz CT molecular complexity index is 1850. The molecule has 3 N–H and O–H groups in total. The van der Waals surface area contributed by atoms with Crippen molar-refractivity contribution in [1.82, 2.24) is 0 Å². The minimum Gasteiger partial charge on any atom is -0.462 e. The second kappa shape index (κ2) is 74.7. The predicted octanol–water partition coefficient (Wildman–Crippen LogP) is 25.3. The Labute approximate surface area is 556 Å². The Hall–Kier alpha value is -3.33. The van der Waals surface area contributed by atoms with E-state index < -0.39 is 32.5 Å². The number of allylic oxidation sites excluding steroid dienone is 18. The third kappa shape index (κ3) is 73.7. The van der Waals surface area contributed by atoms with Crippen molar-refractivity contribution in [2.24, 2.45) is 5.73 Å². The van der Waals surface area contributed by atoms with E-state index in [1.807, 2.05) is 6.08 Å². The van der Waals surface area contributed by atoms with E-state index in [1.54, 1.807) is 0 Å². The van der Waals surface area contributed by atoms with Crippen LogP contribution in [0.15, 0.2) is 109 Å². The van der Waals surface area contributed by atoms with Crippen LogP contribution in [0.3, 0.4) is 0 Å². The summed E-state index contributed by atoms with van der Waals surface area (Å²) in [5.74, 6) is -0.892. The van der Waals surface area contributed by atoms with Crippen molar-refractivity contribution in [2.75, 3.05) is 26.4 Å². The highest BCUT2D eigenvalue weighted by molar-refractivity contribution is 7.47. The number of hydrogen-bond acceptors (Lipinski definition) is 8. The molecule has 0 saturated carbocycles. The molecule has 0 rings (SSSR count). The van der Waals surface area contributed by atoms with Crippen LogP contribution < -0.4 is 5.73 Å². The van der Waals surface area contributed by atoms with E-state index in [2.05, 4.69) is 117 Å². The molecular weight excluding hydrogens is 1130 g/mol. The summed E-state index contributed by atoms with van der Waals surface area (Å²) in [4.78, 5) is 35.3. The lowest BCUT2D eigenvalue weighted by molar-refractivity contribution is -0.161. The number of phosphoric ester groups is 1. The minimum absolute atomic E-state index is 0.0398. The number of rotatable bonds is 71. The molecule has 0 fully saturated rings. The van der Waals surface area contributed by atoms with Gasteiger partial charge in [-0.2, -0.15) is 0 Å². The highest BCUT2D eigenvalue weighted by Gasteiger charge is 2.26. The van der Waals surface area contributed by atoms with Crippen molar-refractivity contribution in [3.8, 4) is 0 Å². The molecule has 90 heavy (non-hydrogen) atoms. The molecule has 0 bridgehead atoms. The van der Waals surface area contributed by atoms with Gasteiger partial charge in [0.1, 0.15) is 6.61 Å². The van der Waals surface area contributed by atoms with Gasteiger partial charge < -0.3 is 20.1 Å². The zero-order chi connectivity index (χ0) is 65.1. The Balaban J connectivity index is 3.86. The molecule has 0 aliphatic heterocycles. The van der Waals surface area contributed by atoms with Crippen LogP contribution in [-0.2, 0) is 32.7 Å². The van der Waals surface area contributed by atoms with Crippen LogP contribution in [-0.4, -0.2) is 49.3 Å². The van der Waals surface area contributed by atoms with Crippen molar-refractivity contribution < 1.29 is 37.6 Å². The number of unbranched alkanes of at least 4 members (excludes halogenated alkanes) is 40. The van der Waals surface area contributed by atoms with Crippen LogP contribution in [0.5, 0.6) is 0 Å². The monoisotopic (exact) mass is 1280 g/mol. The molecule has 520 valence electrons. The summed E-state index contributed by atoms with van der Waals surface area (Å²) in [5.41, 5.74) is 5.40. The summed E-state index contributed by atoms with van der Waals surface area (Å²) in [6.45, 7) is 3.60. The topological polar surface area (TPSA) is 134 Å². The normalized spacial score (nSPS) is 13.5. The van der Waals surface area contributed by atoms with Gasteiger partial charge in [-0.15, -0.1) is 0 Å². The maximum absolute atomic E-state index is 12.7. The van der Waals surface area contributed by atoms with Crippen molar-refractivity contribution >= 4 is 19.8 Å². The van der Waals surface area contributed by atoms with Gasteiger partial charge in [-0.1, -0.05) is 374 Å². The van der Waals surface area contributed by atoms with Crippen LogP contribution in [0, 0.1) is 0 Å². The Morgan fingerprint density at radius 3 is 0.900 bits per heavy atom. The highest BCUT2D eigenvalue weighted by atomic mass is 31.2. The molecule has 0 spiro atoms. The highest BCUT2D eigenvalue weighted by Crippen LogP contribution is 2.43. The molecule has 2 unspecified atom stereocenters. The summed E-state index contributed by atoms with van der Waals surface area (Å²) in [5, 5.41) is 0. The average molecular weight is 1280 g/mol. The molecule has 10 heteroatoms. The second-order valence-electron chi connectivity index (χ2n) is 25.1. The van der Waals surface area contributed by atoms with E-state index in [0.29, 0.717) is 12.8 Å². The van der Waals surface area contributed by atoms with Crippen LogP contribution >= 0.6 is 7.82 Å². The van der Waals surface area contributed by atoms with Gasteiger partial charge in [-0.25, -0.2) is 4.57 Å². The van der Waals surface area contributed by atoms with E-state index in [1.165, 1.54) is 238 Å². The smallest absolute Gasteiger partial charge is 0.462 e. The van der Waals surface area contributed by atoms with Crippen molar-refractivity contribution in [3.05, 3.63) is 109 Å². The fourth-order valence-corrected chi connectivity index (χ4v) is 11.6.